The van der Waals surface area contributed by atoms with E-state index >= 15 is 0 Å². The Balaban J connectivity index is 0.000000627. The Morgan fingerprint density at radius 1 is 0.310 bits per heavy atom. The molecular formula is C79H125N5O16. The molecule has 5 fully saturated rings. The molecule has 0 bridgehead atoms. The Morgan fingerprint density at radius 3 is 0.750 bits per heavy atom. The number of hydrogen-bond donors (Lipinski definition) is 5. The van der Waals surface area contributed by atoms with Gasteiger partial charge in [-0.2, -0.15) is 0 Å². The van der Waals surface area contributed by atoms with Crippen molar-refractivity contribution >= 4 is 65.2 Å². The molecule has 5 amide bonds. The third-order valence-corrected chi connectivity index (χ3v) is 17.8. The molecule has 0 aromatic heterocycles. The van der Waals surface area contributed by atoms with Crippen molar-refractivity contribution in [2.75, 3.05) is 32.7 Å². The quantitative estimate of drug-likeness (QED) is 0.0125. The van der Waals surface area contributed by atoms with E-state index in [9.17, 15) is 52.7 Å². The summed E-state index contributed by atoms with van der Waals surface area (Å²) in [5.41, 5.74) is 1.29. The number of cyclic esters (lactones) is 5. The Labute approximate surface area is 598 Å². The van der Waals surface area contributed by atoms with Crippen molar-refractivity contribution in [1.82, 2.24) is 26.6 Å². The first-order valence-corrected chi connectivity index (χ1v) is 37.1. The van der Waals surface area contributed by atoms with Crippen LogP contribution in [0.2, 0.25) is 0 Å². The average molecular weight is 1400 g/mol. The number of unbranched alkanes of at least 4 members (excludes halogenated alkanes) is 19. The minimum Gasteiger partial charge on any atom is -0.458 e. The predicted molar refractivity (Wildman–Crippen MR) is 391 cm³/mol. The van der Waals surface area contributed by atoms with Crippen LogP contribution >= 0.6 is 0 Å². The molecule has 0 aromatic carbocycles. The summed E-state index contributed by atoms with van der Waals surface area (Å²) < 4.78 is 26.3. The van der Waals surface area contributed by atoms with Crippen molar-refractivity contribution < 1.29 is 76.4 Å². The SMILES string of the molecule is C=C1C(=O)O[C@@H](CCCCCCCC)[C@@H]1C(=O)NCC(C)=O.C=C1C(=O)O[C@@H](CCCCCCCC)[C@@H]1C(=O)NCCC.C=CCNC(=O)[C@@H]1C(=C)C(=O)O[C@H]1CCCC.C=CCNC(=O)[C@@H]1C(=C)C(=O)O[C@H]1CCCCCC.C=CCNC(=O)[C@@H]1C(=C)C(=O)O[C@H]1CCCCCCCC. The molecule has 5 N–H and O–H groups in total. The first kappa shape index (κ1) is 90.3. The standard InChI is InChI=1S/C17H27NO4.C17H29NO3.C17H27NO3.C15H23NO3.C13H19NO3/c1-4-5-6-7-8-9-10-14-15(13(3)17(21)22-14)16(20)18-11-12(2)19;2*1-4-6-7-8-9-10-11-14-15(13(3)17(20)21-14)16(19)18-12-5-2;1-4-6-7-8-9-12-13(11(3)15(18)19-12)14(17)16-10-5-2;1-4-6-7-10-11(9(3)13(16)17-10)12(15)14-8-5-2/h14-15H,3-11H2,1-2H3,(H,18,20);14-15H,3-12H2,1-2H3,(H,18,19);5,14-15H,2-4,6-12H2,1H3,(H,18,19);5,12-13H,2-4,6-10H2,1H3,(H,16,17);5,10-11H,2-4,6-8H2,1H3,(H,14,15)/t3*14-,15+;12-,13+;10-,11+/m00000/s1. The van der Waals surface area contributed by atoms with Gasteiger partial charge < -0.3 is 50.3 Å². The topological polar surface area (TPSA) is 294 Å². The van der Waals surface area contributed by atoms with E-state index in [-0.39, 0.29) is 88.6 Å². The zero-order chi connectivity index (χ0) is 75.0. The van der Waals surface area contributed by atoms with Gasteiger partial charge in [0.25, 0.3) is 0 Å². The molecule has 5 aliphatic heterocycles. The number of nitrogens with one attached hydrogen (secondary N) is 5. The van der Waals surface area contributed by atoms with Crippen molar-refractivity contribution in [2.24, 2.45) is 29.6 Å². The molecule has 21 heteroatoms. The molecule has 10 atom stereocenters. The van der Waals surface area contributed by atoms with Crippen LogP contribution in [0.25, 0.3) is 0 Å². The monoisotopic (exact) mass is 1400 g/mol. The van der Waals surface area contributed by atoms with E-state index in [2.05, 4.69) is 114 Å². The Bertz CT molecular complexity index is 2720. The van der Waals surface area contributed by atoms with Crippen LogP contribution in [-0.4, -0.2) is 128 Å². The molecule has 0 saturated carbocycles. The fraction of sp³-hybridized carbons (Fsp3) is 0.658. The summed E-state index contributed by atoms with van der Waals surface area (Å²) in [6, 6.07) is 0. The first-order valence-electron chi connectivity index (χ1n) is 37.1. The van der Waals surface area contributed by atoms with Gasteiger partial charge >= 0.3 is 29.8 Å². The minimum absolute atomic E-state index is 0.0272. The van der Waals surface area contributed by atoms with E-state index in [0.29, 0.717) is 44.6 Å². The fourth-order valence-electron chi connectivity index (χ4n) is 12.0. The smallest absolute Gasteiger partial charge is 0.334 e. The number of carbonyl (C=O) groups is 11. The summed E-state index contributed by atoms with van der Waals surface area (Å²) in [6.07, 6.45) is 34.6. The molecule has 0 aliphatic carbocycles. The largest absolute Gasteiger partial charge is 0.458 e. The molecule has 5 saturated heterocycles. The molecule has 5 aliphatic rings. The molecule has 0 aromatic rings. The number of ketones is 1. The fourth-order valence-corrected chi connectivity index (χ4v) is 12.0. The highest BCUT2D eigenvalue weighted by molar-refractivity contribution is 6.03. The van der Waals surface area contributed by atoms with Crippen molar-refractivity contribution in [3.05, 3.63) is 98.7 Å². The number of Topliss-reactive ketones (excluding diaryl/α,β-unsaturated/α-hetero) is 1. The van der Waals surface area contributed by atoms with Gasteiger partial charge in [0, 0.05) is 54.0 Å². The Kier molecular flexibility index (Phi) is 48.0. The normalized spacial score (nSPS) is 21.7. The van der Waals surface area contributed by atoms with Gasteiger partial charge in [0.1, 0.15) is 65.9 Å². The maximum Gasteiger partial charge on any atom is 0.334 e. The van der Waals surface area contributed by atoms with Crippen molar-refractivity contribution in [1.29, 1.82) is 0 Å². The number of ether oxygens (including phenoxy) is 5. The lowest BCUT2D eigenvalue weighted by Crippen LogP contribution is -2.38. The lowest BCUT2D eigenvalue weighted by atomic mass is 9.92. The van der Waals surface area contributed by atoms with Gasteiger partial charge in [0.05, 0.1) is 6.54 Å². The van der Waals surface area contributed by atoms with Crippen molar-refractivity contribution in [2.45, 2.75) is 272 Å². The minimum atomic E-state index is -0.664. The number of rotatable bonds is 44. The summed E-state index contributed by atoms with van der Waals surface area (Å²) in [7, 11) is 0. The van der Waals surface area contributed by atoms with E-state index in [1.54, 1.807) is 18.2 Å². The van der Waals surface area contributed by atoms with Gasteiger partial charge in [0.15, 0.2) is 0 Å². The lowest BCUT2D eigenvalue weighted by molar-refractivity contribution is -0.141. The number of esters is 5. The van der Waals surface area contributed by atoms with Gasteiger partial charge in [-0.25, -0.2) is 24.0 Å². The van der Waals surface area contributed by atoms with Gasteiger partial charge in [-0.3, -0.25) is 28.8 Å². The van der Waals surface area contributed by atoms with Gasteiger partial charge in [-0.05, 0) is 71.1 Å². The van der Waals surface area contributed by atoms with Crippen molar-refractivity contribution in [3.63, 3.8) is 0 Å². The van der Waals surface area contributed by atoms with Gasteiger partial charge in [-0.15, -0.1) is 19.7 Å². The summed E-state index contributed by atoms with van der Waals surface area (Å²) in [4.78, 5) is 129. The van der Waals surface area contributed by atoms with E-state index in [0.717, 1.165) is 109 Å². The molecule has 562 valence electrons. The zero-order valence-corrected chi connectivity index (χ0v) is 61.9. The molecule has 100 heavy (non-hydrogen) atoms. The maximum atomic E-state index is 12.1. The Morgan fingerprint density at radius 2 is 0.520 bits per heavy atom. The maximum absolute atomic E-state index is 12.1. The van der Waals surface area contributed by atoms with Crippen LogP contribution < -0.4 is 26.6 Å². The van der Waals surface area contributed by atoms with Gasteiger partial charge in [-0.1, -0.05) is 221 Å². The van der Waals surface area contributed by atoms with Crippen LogP contribution in [0.3, 0.4) is 0 Å². The summed E-state index contributed by atoms with van der Waals surface area (Å²) in [5.74, 6) is -6.25. The molecule has 5 heterocycles. The molecule has 0 radical (unpaired) electrons. The van der Waals surface area contributed by atoms with E-state index in [1.165, 1.54) is 77.6 Å². The predicted octanol–water partition coefficient (Wildman–Crippen LogP) is 13.0. The molecule has 0 spiro atoms. The average Bonchev–Trinajstić information content (AvgIpc) is 1.72. The van der Waals surface area contributed by atoms with E-state index in [1.807, 2.05) is 6.92 Å². The highest BCUT2D eigenvalue weighted by Gasteiger charge is 2.47. The highest BCUT2D eigenvalue weighted by atomic mass is 16.6. The van der Waals surface area contributed by atoms with Crippen LogP contribution in [0.15, 0.2) is 98.7 Å². The second kappa shape index (κ2) is 53.2. The molecule has 0 unspecified atom stereocenters. The third-order valence-electron chi connectivity index (χ3n) is 17.8. The molecule has 21 nitrogen and oxygen atoms in total. The number of amides is 5. The lowest BCUT2D eigenvalue weighted by Gasteiger charge is -2.17. The molecule has 5 rings (SSSR count). The van der Waals surface area contributed by atoms with Gasteiger partial charge in [0.2, 0.25) is 29.5 Å². The summed E-state index contributed by atoms with van der Waals surface area (Å²) in [6.45, 7) is 45.0. The summed E-state index contributed by atoms with van der Waals surface area (Å²) in [5, 5.41) is 13.5. The third kappa shape index (κ3) is 33.2. The van der Waals surface area contributed by atoms with Crippen LogP contribution in [0.1, 0.15) is 241 Å². The summed E-state index contributed by atoms with van der Waals surface area (Å²) >= 11 is 0. The van der Waals surface area contributed by atoms with Crippen LogP contribution in [0, 0.1) is 29.6 Å². The van der Waals surface area contributed by atoms with Crippen LogP contribution in [0.5, 0.6) is 0 Å². The Hall–Kier alpha value is -7.71. The van der Waals surface area contributed by atoms with Crippen molar-refractivity contribution in [3.8, 4) is 0 Å². The highest BCUT2D eigenvalue weighted by Crippen LogP contribution is 2.35. The zero-order valence-electron chi connectivity index (χ0n) is 61.9. The first-order chi connectivity index (χ1) is 47.9. The second-order valence-electron chi connectivity index (χ2n) is 26.2. The molecular weight excluding hydrogens is 1270 g/mol. The van der Waals surface area contributed by atoms with Crippen LogP contribution in [0.4, 0.5) is 0 Å². The van der Waals surface area contributed by atoms with E-state index in [4.69, 9.17) is 23.7 Å². The number of carbonyl (C=O) groups excluding carboxylic acids is 11. The van der Waals surface area contributed by atoms with E-state index < -0.39 is 65.5 Å². The second-order valence-corrected chi connectivity index (χ2v) is 26.2. The number of hydrogen-bond acceptors (Lipinski definition) is 16. The van der Waals surface area contributed by atoms with Crippen LogP contribution in [-0.2, 0) is 76.4 Å².